The molecule has 3 aromatic rings. The molecule has 9 heteroatoms. The number of furan rings is 2. The molecule has 1 aliphatic rings. The standard InChI is InChI=1S/C24H33N5O3S/c1-16(2)21(22(30)25-12-19-7-5-9-31-19)33-24-27-26-23(28-13-17(3)11-18(4)14-28)29(24)15-20-8-6-10-32-20/h5-10,16-18,21H,11-15H2,1-4H3,(H,25,30). The van der Waals surface area contributed by atoms with E-state index in [9.17, 15) is 4.79 Å². The lowest BCUT2D eigenvalue weighted by Gasteiger charge is -2.35. The zero-order chi connectivity index (χ0) is 23.4. The van der Waals surface area contributed by atoms with Gasteiger partial charge in [-0.3, -0.25) is 9.36 Å². The Morgan fingerprint density at radius 1 is 1.12 bits per heavy atom. The van der Waals surface area contributed by atoms with E-state index in [0.29, 0.717) is 24.9 Å². The van der Waals surface area contributed by atoms with Gasteiger partial charge < -0.3 is 19.1 Å². The molecule has 4 rings (SSSR count). The van der Waals surface area contributed by atoms with Crippen LogP contribution in [0.2, 0.25) is 0 Å². The fraction of sp³-hybridized carbons (Fsp3) is 0.542. The van der Waals surface area contributed by atoms with Gasteiger partial charge >= 0.3 is 0 Å². The molecular weight excluding hydrogens is 438 g/mol. The summed E-state index contributed by atoms with van der Waals surface area (Å²) < 4.78 is 13.1. The molecule has 178 valence electrons. The first-order valence-electron chi connectivity index (χ1n) is 11.6. The molecule has 8 nitrogen and oxygen atoms in total. The van der Waals surface area contributed by atoms with Crippen LogP contribution in [0.1, 0.15) is 45.6 Å². The van der Waals surface area contributed by atoms with E-state index in [2.05, 4.69) is 38.8 Å². The van der Waals surface area contributed by atoms with Crippen molar-refractivity contribution in [3.63, 3.8) is 0 Å². The van der Waals surface area contributed by atoms with E-state index in [4.69, 9.17) is 8.83 Å². The fourth-order valence-corrected chi connectivity index (χ4v) is 5.47. The van der Waals surface area contributed by atoms with Gasteiger partial charge in [-0.1, -0.05) is 39.5 Å². The summed E-state index contributed by atoms with van der Waals surface area (Å²) >= 11 is 1.46. The van der Waals surface area contributed by atoms with Crippen LogP contribution in [0.5, 0.6) is 0 Å². The summed E-state index contributed by atoms with van der Waals surface area (Å²) in [5, 5.41) is 12.5. The lowest BCUT2D eigenvalue weighted by atomic mass is 9.92. The first-order valence-corrected chi connectivity index (χ1v) is 12.5. The van der Waals surface area contributed by atoms with Crippen molar-refractivity contribution in [1.82, 2.24) is 20.1 Å². The minimum Gasteiger partial charge on any atom is -0.467 e. The van der Waals surface area contributed by atoms with Crippen molar-refractivity contribution in [2.24, 2.45) is 17.8 Å². The van der Waals surface area contributed by atoms with Crippen LogP contribution in [0.3, 0.4) is 0 Å². The van der Waals surface area contributed by atoms with Gasteiger partial charge in [-0.2, -0.15) is 0 Å². The van der Waals surface area contributed by atoms with Crippen molar-refractivity contribution in [1.29, 1.82) is 0 Å². The number of amides is 1. The molecule has 0 spiro atoms. The zero-order valence-electron chi connectivity index (χ0n) is 19.7. The van der Waals surface area contributed by atoms with Crippen LogP contribution in [0.15, 0.2) is 50.8 Å². The minimum absolute atomic E-state index is 0.0410. The normalized spacial score (nSPS) is 19.7. The van der Waals surface area contributed by atoms with Crippen LogP contribution in [0.4, 0.5) is 5.95 Å². The van der Waals surface area contributed by atoms with Crippen LogP contribution < -0.4 is 10.2 Å². The lowest BCUT2D eigenvalue weighted by molar-refractivity contribution is -0.121. The second-order valence-electron chi connectivity index (χ2n) is 9.38. The van der Waals surface area contributed by atoms with Crippen LogP contribution in [0, 0.1) is 17.8 Å². The summed E-state index contributed by atoms with van der Waals surface area (Å²) in [5.41, 5.74) is 0. The minimum atomic E-state index is -0.313. The van der Waals surface area contributed by atoms with Gasteiger partial charge in [0.25, 0.3) is 0 Å². The molecule has 1 saturated heterocycles. The Balaban J connectivity index is 1.57. The van der Waals surface area contributed by atoms with Gasteiger partial charge in [0.2, 0.25) is 11.9 Å². The van der Waals surface area contributed by atoms with Crippen LogP contribution in [0.25, 0.3) is 0 Å². The Hall–Kier alpha value is -2.68. The highest BCUT2D eigenvalue weighted by atomic mass is 32.2. The number of anilines is 1. The fourth-order valence-electron chi connectivity index (χ4n) is 4.42. The van der Waals surface area contributed by atoms with E-state index < -0.39 is 0 Å². The monoisotopic (exact) mass is 471 g/mol. The van der Waals surface area contributed by atoms with Gasteiger partial charge in [-0.25, -0.2) is 0 Å². The third-order valence-corrected chi connectivity index (χ3v) is 7.38. The summed E-state index contributed by atoms with van der Waals surface area (Å²) in [5.74, 6) is 3.65. The van der Waals surface area contributed by atoms with Crippen molar-refractivity contribution < 1.29 is 13.6 Å². The first-order chi connectivity index (χ1) is 15.9. The quantitative estimate of drug-likeness (QED) is 0.462. The number of nitrogens with one attached hydrogen (secondary N) is 1. The van der Waals surface area contributed by atoms with Crippen molar-refractivity contribution >= 4 is 23.6 Å². The van der Waals surface area contributed by atoms with Gasteiger partial charge in [-0.15, -0.1) is 10.2 Å². The molecule has 33 heavy (non-hydrogen) atoms. The molecule has 1 N–H and O–H groups in total. The van der Waals surface area contributed by atoms with Crippen molar-refractivity contribution in [3.8, 4) is 0 Å². The highest BCUT2D eigenvalue weighted by Gasteiger charge is 2.30. The molecular formula is C24H33N5O3S. The molecule has 0 bridgehead atoms. The Morgan fingerprint density at radius 3 is 2.39 bits per heavy atom. The molecule has 1 amide bonds. The van der Waals surface area contributed by atoms with Crippen molar-refractivity contribution in [3.05, 3.63) is 48.3 Å². The molecule has 0 radical (unpaired) electrons. The summed E-state index contributed by atoms with van der Waals surface area (Å²) in [4.78, 5) is 15.4. The summed E-state index contributed by atoms with van der Waals surface area (Å²) in [7, 11) is 0. The zero-order valence-corrected chi connectivity index (χ0v) is 20.5. The lowest BCUT2D eigenvalue weighted by Crippen LogP contribution is -2.40. The average molecular weight is 472 g/mol. The van der Waals surface area contributed by atoms with Gasteiger partial charge in [-0.05, 0) is 48.4 Å². The number of aromatic nitrogens is 3. The molecule has 3 unspecified atom stereocenters. The van der Waals surface area contributed by atoms with E-state index in [1.54, 1.807) is 12.5 Å². The first kappa shape index (κ1) is 23.5. The van der Waals surface area contributed by atoms with E-state index >= 15 is 0 Å². The Bertz CT molecular complexity index is 1010. The number of nitrogens with zero attached hydrogens (tertiary/aromatic N) is 4. The van der Waals surface area contributed by atoms with E-state index in [0.717, 1.165) is 35.7 Å². The average Bonchev–Trinajstić information content (AvgIpc) is 3.52. The maximum atomic E-state index is 13.0. The smallest absolute Gasteiger partial charge is 0.234 e. The van der Waals surface area contributed by atoms with Gasteiger partial charge in [0.1, 0.15) is 11.5 Å². The maximum absolute atomic E-state index is 13.0. The Morgan fingerprint density at radius 2 is 1.79 bits per heavy atom. The third-order valence-electron chi connectivity index (χ3n) is 5.86. The Labute approximate surface area is 199 Å². The third kappa shape index (κ3) is 5.82. The number of piperidine rings is 1. The van der Waals surface area contributed by atoms with Crippen LogP contribution in [-0.2, 0) is 17.9 Å². The number of hydrogen-bond donors (Lipinski definition) is 1. The molecule has 0 saturated carbocycles. The van der Waals surface area contributed by atoms with Crippen LogP contribution in [-0.4, -0.2) is 39.0 Å². The molecule has 0 aromatic carbocycles. The second-order valence-corrected chi connectivity index (χ2v) is 10.5. The van der Waals surface area contributed by atoms with Crippen molar-refractivity contribution in [2.75, 3.05) is 18.0 Å². The predicted octanol–water partition coefficient (Wildman–Crippen LogP) is 4.43. The summed E-state index contributed by atoms with van der Waals surface area (Å²) in [6, 6.07) is 7.51. The number of hydrogen-bond acceptors (Lipinski definition) is 7. The highest BCUT2D eigenvalue weighted by molar-refractivity contribution is 8.00. The number of carbonyl (C=O) groups excluding carboxylic acids is 1. The second kappa shape index (κ2) is 10.5. The molecule has 1 aliphatic heterocycles. The summed E-state index contributed by atoms with van der Waals surface area (Å²) in [6.07, 6.45) is 4.50. The van der Waals surface area contributed by atoms with Gasteiger partial charge in [0.15, 0.2) is 5.16 Å². The molecule has 3 aromatic heterocycles. The highest BCUT2D eigenvalue weighted by Crippen LogP contribution is 2.32. The number of carbonyl (C=O) groups is 1. The predicted molar refractivity (Wildman–Crippen MR) is 128 cm³/mol. The summed E-state index contributed by atoms with van der Waals surface area (Å²) in [6.45, 7) is 11.4. The molecule has 0 aliphatic carbocycles. The molecule has 4 heterocycles. The van der Waals surface area contributed by atoms with E-state index in [1.807, 2.05) is 38.1 Å². The maximum Gasteiger partial charge on any atom is 0.234 e. The van der Waals surface area contributed by atoms with Gasteiger partial charge in [0, 0.05) is 13.1 Å². The molecule has 1 fully saturated rings. The van der Waals surface area contributed by atoms with E-state index in [1.165, 1.54) is 18.2 Å². The number of thioether (sulfide) groups is 1. The largest absolute Gasteiger partial charge is 0.467 e. The van der Waals surface area contributed by atoms with Crippen LogP contribution >= 0.6 is 11.8 Å². The van der Waals surface area contributed by atoms with Crippen molar-refractivity contribution in [2.45, 2.75) is 57.6 Å². The van der Waals surface area contributed by atoms with Gasteiger partial charge in [0.05, 0.1) is 30.9 Å². The Kier molecular flexibility index (Phi) is 7.47. The number of rotatable bonds is 9. The molecule has 3 atom stereocenters. The van der Waals surface area contributed by atoms with E-state index in [-0.39, 0.29) is 17.1 Å². The SMILES string of the molecule is CC1CC(C)CN(c2nnc(SC(C(=O)NCc3ccco3)C(C)C)n2Cc2ccco2)C1. The topological polar surface area (TPSA) is 89.3 Å².